The van der Waals surface area contributed by atoms with Crippen molar-refractivity contribution in [3.63, 3.8) is 0 Å². The molecule has 0 aliphatic carbocycles. The number of carbonyl (C=O) groups excluding carboxylic acids is 1. The number of aromatic nitrogens is 2. The molecule has 1 amide bonds. The van der Waals surface area contributed by atoms with E-state index < -0.39 is 0 Å². The number of carbonyl (C=O) groups is 1. The van der Waals surface area contributed by atoms with Crippen molar-refractivity contribution in [3.05, 3.63) is 60.2 Å². The summed E-state index contributed by atoms with van der Waals surface area (Å²) in [5, 5.41) is 0. The Kier molecular flexibility index (Phi) is 4.49. The minimum absolute atomic E-state index is 0.133. The van der Waals surface area contributed by atoms with Crippen LogP contribution in [0.15, 0.2) is 49.1 Å². The second-order valence-corrected chi connectivity index (χ2v) is 7.14. The van der Waals surface area contributed by atoms with Crippen LogP contribution in [0.2, 0.25) is 0 Å². The molecule has 2 aromatic heterocycles. The van der Waals surface area contributed by atoms with Crippen LogP contribution in [0.5, 0.6) is 0 Å². The number of piperidine rings is 1. The van der Waals surface area contributed by atoms with Gasteiger partial charge in [0, 0.05) is 55.5 Å². The molecule has 2 saturated heterocycles. The number of hydrogen-bond acceptors (Lipinski definition) is 4. The zero-order chi connectivity index (χ0) is 17.1. The van der Waals surface area contributed by atoms with Gasteiger partial charge in [0.15, 0.2) is 0 Å². The van der Waals surface area contributed by atoms with E-state index in [1.165, 1.54) is 18.4 Å². The summed E-state index contributed by atoms with van der Waals surface area (Å²) < 4.78 is 0. The molecule has 0 atom stereocenters. The number of amides is 1. The Hall–Kier alpha value is -2.27. The Labute approximate surface area is 148 Å². The molecule has 2 aromatic rings. The number of likely N-dealkylation sites (tertiary alicyclic amines) is 2. The third kappa shape index (κ3) is 3.29. The fourth-order valence-electron chi connectivity index (χ4n) is 4.32. The molecule has 5 nitrogen and oxygen atoms in total. The first-order valence-electron chi connectivity index (χ1n) is 9.10. The van der Waals surface area contributed by atoms with Crippen LogP contribution >= 0.6 is 0 Å². The highest BCUT2D eigenvalue weighted by Gasteiger charge is 2.43. The van der Waals surface area contributed by atoms with E-state index >= 15 is 0 Å². The van der Waals surface area contributed by atoms with Crippen molar-refractivity contribution in [1.29, 1.82) is 0 Å². The molecule has 0 N–H and O–H groups in total. The number of rotatable bonds is 3. The fraction of sp³-hybridized carbons (Fsp3) is 0.450. The quantitative estimate of drug-likeness (QED) is 0.865. The van der Waals surface area contributed by atoms with Gasteiger partial charge in [-0.3, -0.25) is 19.7 Å². The van der Waals surface area contributed by atoms with Gasteiger partial charge in [0.1, 0.15) is 0 Å². The molecule has 2 aliphatic heterocycles. The maximum absolute atomic E-state index is 12.7. The third-order valence-electron chi connectivity index (χ3n) is 5.75. The fourth-order valence-corrected chi connectivity index (χ4v) is 4.32. The molecule has 2 fully saturated rings. The maximum Gasteiger partial charge on any atom is 0.253 e. The van der Waals surface area contributed by atoms with Crippen LogP contribution in [0.3, 0.4) is 0 Å². The van der Waals surface area contributed by atoms with Crippen LogP contribution in [0.1, 0.15) is 41.6 Å². The molecule has 0 bridgehead atoms. The van der Waals surface area contributed by atoms with Crippen LogP contribution in [-0.4, -0.2) is 50.8 Å². The standard InChI is InChI=1S/C20H24N4O/c25-19(18-4-10-21-11-5-18)23-13-7-20(8-14-23)6-2-12-24(20)16-17-3-1-9-22-15-17/h1,3-5,9-11,15H,2,6-8,12-14,16H2. The molecule has 0 unspecified atom stereocenters. The zero-order valence-corrected chi connectivity index (χ0v) is 14.5. The Morgan fingerprint density at radius 2 is 1.80 bits per heavy atom. The highest BCUT2D eigenvalue weighted by atomic mass is 16.2. The monoisotopic (exact) mass is 336 g/mol. The Morgan fingerprint density at radius 3 is 2.52 bits per heavy atom. The van der Waals surface area contributed by atoms with Gasteiger partial charge >= 0.3 is 0 Å². The van der Waals surface area contributed by atoms with Crippen LogP contribution in [0, 0.1) is 0 Å². The van der Waals surface area contributed by atoms with Gasteiger partial charge in [0.25, 0.3) is 5.91 Å². The third-order valence-corrected chi connectivity index (χ3v) is 5.75. The first kappa shape index (κ1) is 16.2. The van der Waals surface area contributed by atoms with Crippen LogP contribution in [0.25, 0.3) is 0 Å². The second kappa shape index (κ2) is 6.92. The molecule has 130 valence electrons. The molecule has 25 heavy (non-hydrogen) atoms. The van der Waals surface area contributed by atoms with Gasteiger partial charge in [-0.05, 0) is 56.0 Å². The number of hydrogen-bond donors (Lipinski definition) is 0. The summed E-state index contributed by atoms with van der Waals surface area (Å²) in [6.45, 7) is 3.79. The van der Waals surface area contributed by atoms with Gasteiger partial charge in [-0.15, -0.1) is 0 Å². The van der Waals surface area contributed by atoms with Gasteiger partial charge in [-0.1, -0.05) is 6.07 Å². The molecular weight excluding hydrogens is 312 g/mol. The molecule has 0 saturated carbocycles. The Balaban J connectivity index is 1.42. The van der Waals surface area contributed by atoms with E-state index in [1.54, 1.807) is 24.5 Å². The van der Waals surface area contributed by atoms with Gasteiger partial charge < -0.3 is 4.90 Å². The Morgan fingerprint density at radius 1 is 1.00 bits per heavy atom. The summed E-state index contributed by atoms with van der Waals surface area (Å²) in [6.07, 6.45) is 11.8. The maximum atomic E-state index is 12.7. The molecule has 0 radical (unpaired) electrons. The minimum Gasteiger partial charge on any atom is -0.339 e. The zero-order valence-electron chi connectivity index (χ0n) is 14.5. The Bertz CT molecular complexity index is 711. The van der Waals surface area contributed by atoms with E-state index in [-0.39, 0.29) is 11.4 Å². The van der Waals surface area contributed by atoms with Gasteiger partial charge in [-0.2, -0.15) is 0 Å². The van der Waals surface area contributed by atoms with Crippen molar-refractivity contribution >= 4 is 5.91 Å². The average molecular weight is 336 g/mol. The summed E-state index contributed by atoms with van der Waals surface area (Å²) in [6, 6.07) is 7.77. The van der Waals surface area contributed by atoms with Crippen LogP contribution in [0.4, 0.5) is 0 Å². The topological polar surface area (TPSA) is 49.3 Å². The van der Waals surface area contributed by atoms with E-state index in [2.05, 4.69) is 20.9 Å². The molecule has 0 aromatic carbocycles. The normalized spacial score (nSPS) is 20.1. The summed E-state index contributed by atoms with van der Waals surface area (Å²) in [7, 11) is 0. The summed E-state index contributed by atoms with van der Waals surface area (Å²) in [4.78, 5) is 25.5. The van der Waals surface area contributed by atoms with Crippen molar-refractivity contribution in [2.24, 2.45) is 0 Å². The first-order valence-corrected chi connectivity index (χ1v) is 9.10. The van der Waals surface area contributed by atoms with Crippen LogP contribution < -0.4 is 0 Å². The lowest BCUT2D eigenvalue weighted by molar-refractivity contribution is 0.0383. The van der Waals surface area contributed by atoms with Crippen molar-refractivity contribution in [2.45, 2.75) is 37.8 Å². The number of pyridine rings is 2. The first-order chi connectivity index (χ1) is 12.3. The summed E-state index contributed by atoms with van der Waals surface area (Å²) in [5.74, 6) is 0.133. The molecule has 5 heteroatoms. The molecule has 4 rings (SSSR count). The summed E-state index contributed by atoms with van der Waals surface area (Å²) in [5.41, 5.74) is 2.27. The minimum atomic E-state index is 0.133. The van der Waals surface area contributed by atoms with Crippen molar-refractivity contribution < 1.29 is 4.79 Å². The van der Waals surface area contributed by atoms with Crippen molar-refractivity contribution in [1.82, 2.24) is 19.8 Å². The lowest BCUT2D eigenvalue weighted by Gasteiger charge is -2.45. The van der Waals surface area contributed by atoms with Crippen molar-refractivity contribution in [3.8, 4) is 0 Å². The molecule has 1 spiro atoms. The molecule has 2 aliphatic rings. The van der Waals surface area contributed by atoms with E-state index in [0.717, 1.165) is 44.6 Å². The SMILES string of the molecule is O=C(c1ccncc1)N1CCC2(CCCN2Cc2cccnc2)CC1. The lowest BCUT2D eigenvalue weighted by atomic mass is 9.84. The van der Waals surface area contributed by atoms with Gasteiger partial charge in [0.05, 0.1) is 0 Å². The smallest absolute Gasteiger partial charge is 0.253 e. The van der Waals surface area contributed by atoms with E-state index in [1.807, 2.05) is 23.4 Å². The number of nitrogens with zero attached hydrogens (tertiary/aromatic N) is 4. The van der Waals surface area contributed by atoms with E-state index in [4.69, 9.17) is 0 Å². The second-order valence-electron chi connectivity index (χ2n) is 7.14. The predicted octanol–water partition coefficient (Wildman–Crippen LogP) is 2.75. The lowest BCUT2D eigenvalue weighted by Crippen LogP contribution is -2.52. The van der Waals surface area contributed by atoms with E-state index in [9.17, 15) is 4.79 Å². The molecular formula is C20H24N4O. The largest absolute Gasteiger partial charge is 0.339 e. The average Bonchev–Trinajstić information content (AvgIpc) is 3.05. The summed E-state index contributed by atoms with van der Waals surface area (Å²) >= 11 is 0. The molecule has 4 heterocycles. The van der Waals surface area contributed by atoms with Gasteiger partial charge in [0.2, 0.25) is 0 Å². The van der Waals surface area contributed by atoms with Gasteiger partial charge in [-0.25, -0.2) is 0 Å². The van der Waals surface area contributed by atoms with Crippen LogP contribution in [-0.2, 0) is 6.54 Å². The van der Waals surface area contributed by atoms with Crippen molar-refractivity contribution in [2.75, 3.05) is 19.6 Å². The highest BCUT2D eigenvalue weighted by molar-refractivity contribution is 5.94. The predicted molar refractivity (Wildman–Crippen MR) is 96.0 cm³/mol. The highest BCUT2D eigenvalue weighted by Crippen LogP contribution is 2.39. The van der Waals surface area contributed by atoms with E-state index in [0.29, 0.717) is 0 Å².